The number of primary amides is 1. The summed E-state index contributed by atoms with van der Waals surface area (Å²) in [5.74, 6) is 0.0914. The number of amides is 2. The van der Waals surface area contributed by atoms with Gasteiger partial charge in [-0.05, 0) is 45.0 Å². The Labute approximate surface area is 146 Å². The van der Waals surface area contributed by atoms with E-state index in [9.17, 15) is 9.59 Å². The molecule has 2 rings (SSSR count). The molecule has 2 amide bonds. The summed E-state index contributed by atoms with van der Waals surface area (Å²) in [5.41, 5.74) is 5.44. The molecule has 7 heteroatoms. The third-order valence-electron chi connectivity index (χ3n) is 3.67. The summed E-state index contributed by atoms with van der Waals surface area (Å²) < 4.78 is 16.2. The zero-order valence-electron chi connectivity index (χ0n) is 15.1. The minimum atomic E-state index is -0.961. The van der Waals surface area contributed by atoms with E-state index in [4.69, 9.17) is 19.6 Å². The molecule has 2 aromatic rings. The van der Waals surface area contributed by atoms with E-state index in [0.29, 0.717) is 17.1 Å². The average Bonchev–Trinajstić information content (AvgIpc) is 2.92. The van der Waals surface area contributed by atoms with Gasteiger partial charge in [0.15, 0.2) is 0 Å². The van der Waals surface area contributed by atoms with Gasteiger partial charge in [-0.2, -0.15) is 0 Å². The molecule has 136 valence electrons. The molecule has 2 unspecified atom stereocenters. The minimum Gasteiger partial charge on any atom is -0.497 e. The summed E-state index contributed by atoms with van der Waals surface area (Å²) in [7, 11) is 1.58. The number of benzene rings is 1. The predicted octanol–water partition coefficient (Wildman–Crippen LogP) is 2.92. The van der Waals surface area contributed by atoms with E-state index in [0.717, 1.165) is 5.39 Å². The number of nitrogens with two attached hydrogens (primary N) is 1. The second-order valence-electron chi connectivity index (χ2n) is 6.87. The number of fused-ring (bicyclic) bond motifs is 1. The van der Waals surface area contributed by atoms with Gasteiger partial charge in [0, 0.05) is 11.3 Å². The highest BCUT2D eigenvalue weighted by atomic mass is 16.6. The Morgan fingerprint density at radius 3 is 2.48 bits per heavy atom. The lowest BCUT2D eigenvalue weighted by Crippen LogP contribution is -2.49. The van der Waals surface area contributed by atoms with E-state index in [1.807, 2.05) is 6.07 Å². The largest absolute Gasteiger partial charge is 0.497 e. The van der Waals surface area contributed by atoms with Crippen LogP contribution in [0.3, 0.4) is 0 Å². The maximum absolute atomic E-state index is 12.0. The molecule has 0 fully saturated rings. The predicted molar refractivity (Wildman–Crippen MR) is 93.5 cm³/mol. The highest BCUT2D eigenvalue weighted by molar-refractivity contribution is 5.86. The van der Waals surface area contributed by atoms with Gasteiger partial charge in [-0.15, -0.1) is 0 Å². The first-order valence-electron chi connectivity index (χ1n) is 7.97. The van der Waals surface area contributed by atoms with E-state index in [1.54, 1.807) is 53.0 Å². The van der Waals surface area contributed by atoms with Gasteiger partial charge < -0.3 is 24.9 Å². The van der Waals surface area contributed by atoms with Crippen molar-refractivity contribution in [3.8, 4) is 5.75 Å². The van der Waals surface area contributed by atoms with E-state index >= 15 is 0 Å². The zero-order valence-corrected chi connectivity index (χ0v) is 15.1. The summed E-state index contributed by atoms with van der Waals surface area (Å²) >= 11 is 0. The molecule has 1 heterocycles. The van der Waals surface area contributed by atoms with Crippen molar-refractivity contribution < 1.29 is 23.5 Å². The van der Waals surface area contributed by atoms with Gasteiger partial charge in [-0.1, -0.05) is 6.92 Å². The first kappa shape index (κ1) is 18.6. The van der Waals surface area contributed by atoms with Crippen LogP contribution in [0.1, 0.15) is 39.4 Å². The maximum atomic E-state index is 12.0. The van der Waals surface area contributed by atoms with Crippen LogP contribution in [0, 0.1) is 0 Å². The van der Waals surface area contributed by atoms with Gasteiger partial charge in [-0.25, -0.2) is 4.79 Å². The second kappa shape index (κ2) is 7.04. The van der Waals surface area contributed by atoms with Crippen LogP contribution in [-0.4, -0.2) is 30.8 Å². The molecule has 25 heavy (non-hydrogen) atoms. The lowest BCUT2D eigenvalue weighted by atomic mass is 9.98. The van der Waals surface area contributed by atoms with Crippen LogP contribution in [0.25, 0.3) is 11.0 Å². The molecule has 0 aliphatic rings. The van der Waals surface area contributed by atoms with Gasteiger partial charge in [0.25, 0.3) is 0 Å². The lowest BCUT2D eigenvalue weighted by molar-refractivity contribution is -0.120. The SMILES string of the molecule is COc1ccc2oc(C(C)C(NC(=O)OC(C)(C)C)C(N)=O)cc2c1. The van der Waals surface area contributed by atoms with Crippen LogP contribution >= 0.6 is 0 Å². The molecule has 1 aromatic heterocycles. The Morgan fingerprint density at radius 1 is 1.24 bits per heavy atom. The van der Waals surface area contributed by atoms with Gasteiger partial charge in [0.1, 0.15) is 28.7 Å². The molecule has 0 saturated carbocycles. The maximum Gasteiger partial charge on any atom is 0.408 e. The van der Waals surface area contributed by atoms with Crippen LogP contribution < -0.4 is 15.8 Å². The number of carbonyl (C=O) groups excluding carboxylic acids is 2. The summed E-state index contributed by atoms with van der Waals surface area (Å²) in [5, 5.41) is 3.35. The monoisotopic (exact) mass is 348 g/mol. The fraction of sp³-hybridized carbons (Fsp3) is 0.444. The van der Waals surface area contributed by atoms with Crippen molar-refractivity contribution in [2.75, 3.05) is 7.11 Å². The quantitative estimate of drug-likeness (QED) is 0.864. The first-order chi connectivity index (χ1) is 11.6. The van der Waals surface area contributed by atoms with Crippen molar-refractivity contribution in [3.05, 3.63) is 30.0 Å². The number of alkyl carbamates (subject to hydrolysis) is 1. The lowest BCUT2D eigenvalue weighted by Gasteiger charge is -2.24. The van der Waals surface area contributed by atoms with Crippen molar-refractivity contribution >= 4 is 23.0 Å². The third kappa shape index (κ3) is 4.65. The second-order valence-corrected chi connectivity index (χ2v) is 6.87. The van der Waals surface area contributed by atoms with Gasteiger partial charge in [-0.3, -0.25) is 4.79 Å². The molecule has 2 atom stereocenters. The fourth-order valence-corrected chi connectivity index (χ4v) is 2.43. The fourth-order valence-electron chi connectivity index (χ4n) is 2.43. The number of furan rings is 1. The van der Waals surface area contributed by atoms with Crippen molar-refractivity contribution in [3.63, 3.8) is 0 Å². The molecular formula is C18H24N2O5. The Kier molecular flexibility index (Phi) is 5.25. The number of methoxy groups -OCH3 is 1. The molecule has 0 saturated heterocycles. The Morgan fingerprint density at radius 2 is 1.92 bits per heavy atom. The molecule has 0 aliphatic carbocycles. The van der Waals surface area contributed by atoms with Crippen molar-refractivity contribution in [2.45, 2.75) is 45.3 Å². The Balaban J connectivity index is 2.23. The number of nitrogens with one attached hydrogen (secondary N) is 1. The molecule has 3 N–H and O–H groups in total. The van der Waals surface area contributed by atoms with Gasteiger partial charge in [0.05, 0.1) is 7.11 Å². The Bertz CT molecular complexity index is 775. The van der Waals surface area contributed by atoms with Gasteiger partial charge >= 0.3 is 6.09 Å². The third-order valence-corrected chi connectivity index (χ3v) is 3.67. The molecular weight excluding hydrogens is 324 g/mol. The highest BCUT2D eigenvalue weighted by Gasteiger charge is 2.30. The van der Waals surface area contributed by atoms with Crippen LogP contribution in [0.4, 0.5) is 4.79 Å². The summed E-state index contributed by atoms with van der Waals surface area (Å²) in [6.45, 7) is 6.97. The highest BCUT2D eigenvalue weighted by Crippen LogP contribution is 2.29. The van der Waals surface area contributed by atoms with E-state index in [2.05, 4.69) is 5.32 Å². The summed E-state index contributed by atoms with van der Waals surface area (Å²) in [6, 6.07) is 6.23. The van der Waals surface area contributed by atoms with E-state index < -0.39 is 29.6 Å². The molecule has 0 spiro atoms. The van der Waals surface area contributed by atoms with Crippen LogP contribution in [0.2, 0.25) is 0 Å². The smallest absolute Gasteiger partial charge is 0.408 e. The van der Waals surface area contributed by atoms with Crippen LogP contribution in [0.5, 0.6) is 5.75 Å². The van der Waals surface area contributed by atoms with Crippen molar-refractivity contribution in [2.24, 2.45) is 5.73 Å². The number of hydrogen-bond acceptors (Lipinski definition) is 5. The molecule has 1 aromatic carbocycles. The number of hydrogen-bond donors (Lipinski definition) is 2. The standard InChI is InChI=1S/C18H24N2O5/c1-10(15(16(19)21)20-17(22)25-18(2,3)4)14-9-11-8-12(23-5)6-7-13(11)24-14/h6-10,15H,1-5H3,(H2,19,21)(H,20,22). The summed E-state index contributed by atoms with van der Waals surface area (Å²) in [4.78, 5) is 23.8. The first-order valence-corrected chi connectivity index (χ1v) is 7.97. The Hall–Kier alpha value is -2.70. The molecule has 0 radical (unpaired) electrons. The number of carbonyl (C=O) groups is 2. The van der Waals surface area contributed by atoms with Crippen molar-refractivity contribution in [1.29, 1.82) is 0 Å². The molecule has 0 aliphatic heterocycles. The van der Waals surface area contributed by atoms with Crippen LogP contribution in [0.15, 0.2) is 28.7 Å². The molecule has 0 bridgehead atoms. The number of ether oxygens (including phenoxy) is 2. The topological polar surface area (TPSA) is 104 Å². The van der Waals surface area contributed by atoms with Gasteiger partial charge in [0.2, 0.25) is 5.91 Å². The normalized spacial score (nSPS) is 14.0. The van der Waals surface area contributed by atoms with E-state index in [-0.39, 0.29) is 0 Å². The van der Waals surface area contributed by atoms with Crippen LogP contribution in [-0.2, 0) is 9.53 Å². The van der Waals surface area contributed by atoms with Crippen molar-refractivity contribution in [1.82, 2.24) is 5.32 Å². The molecule has 7 nitrogen and oxygen atoms in total. The average molecular weight is 348 g/mol. The summed E-state index contributed by atoms with van der Waals surface area (Å²) in [6.07, 6.45) is -0.707. The minimum absolute atomic E-state index is 0.469. The zero-order chi connectivity index (χ0) is 18.8. The van der Waals surface area contributed by atoms with E-state index in [1.165, 1.54) is 0 Å². The number of rotatable bonds is 5.